The molecule has 4 aromatic rings. The zero-order valence-corrected chi connectivity index (χ0v) is 26.2. The van der Waals surface area contributed by atoms with Crippen LogP contribution in [0.25, 0.3) is 10.9 Å². The molecule has 2 aromatic heterocycles. The zero-order valence-electron chi connectivity index (χ0n) is 24.4. The fraction of sp³-hybridized carbons (Fsp3) is 0.355. The maximum absolute atomic E-state index is 14.4. The Bertz CT molecular complexity index is 1590. The number of rotatable bonds is 9. The highest BCUT2D eigenvalue weighted by atomic mass is 32.2. The molecule has 0 radical (unpaired) electrons. The highest BCUT2D eigenvalue weighted by molar-refractivity contribution is 7.89. The van der Waals surface area contributed by atoms with Crippen molar-refractivity contribution in [2.45, 2.75) is 63.7 Å². The Balaban J connectivity index is 2.04. The molecule has 1 unspecified atom stereocenters. The van der Waals surface area contributed by atoms with E-state index in [9.17, 15) is 13.2 Å². The van der Waals surface area contributed by atoms with Gasteiger partial charge in [0.2, 0.25) is 10.0 Å². The molecule has 4 rings (SSSR count). The molecule has 9 heteroatoms. The first-order valence-electron chi connectivity index (χ1n) is 13.5. The van der Waals surface area contributed by atoms with Crippen molar-refractivity contribution < 1.29 is 17.9 Å². The number of para-hydroxylation sites is 1. The number of hydrogen-bond donors (Lipinski definition) is 0. The third kappa shape index (κ3) is 5.63. The fourth-order valence-electron chi connectivity index (χ4n) is 4.78. The lowest BCUT2D eigenvalue weighted by Crippen LogP contribution is -2.45. The summed E-state index contributed by atoms with van der Waals surface area (Å²) < 4.78 is 37.6. The molecule has 0 aliphatic heterocycles. The molecular weight excluding hydrogens is 539 g/mol. The molecule has 0 saturated carbocycles. The first-order chi connectivity index (χ1) is 18.8. The van der Waals surface area contributed by atoms with Crippen LogP contribution in [-0.4, -0.2) is 49.3 Å². The van der Waals surface area contributed by atoms with Crippen LogP contribution in [0.1, 0.15) is 50.4 Å². The number of aromatic nitrogens is 2. The summed E-state index contributed by atoms with van der Waals surface area (Å²) in [6.07, 6.45) is 5.43. The van der Waals surface area contributed by atoms with Crippen molar-refractivity contribution in [3.63, 3.8) is 0 Å². The first-order valence-corrected chi connectivity index (χ1v) is 17.9. The maximum atomic E-state index is 14.4. The number of hydrogen-bond acceptors (Lipinski definition) is 5. The van der Waals surface area contributed by atoms with Crippen LogP contribution >= 0.6 is 0 Å². The van der Waals surface area contributed by atoms with Crippen LogP contribution in [0.3, 0.4) is 0 Å². The van der Waals surface area contributed by atoms with Gasteiger partial charge in [-0.1, -0.05) is 75.8 Å². The number of aryl methyl sites for hydroxylation is 1. The number of esters is 1. The normalized spacial score (nSPS) is 13.5. The van der Waals surface area contributed by atoms with Gasteiger partial charge in [0.1, 0.15) is 6.54 Å². The van der Waals surface area contributed by atoms with E-state index in [0.717, 1.165) is 22.0 Å². The summed E-state index contributed by atoms with van der Waals surface area (Å²) in [5, 5.41) is 0.961. The van der Waals surface area contributed by atoms with Crippen molar-refractivity contribution in [1.82, 2.24) is 13.5 Å². The summed E-state index contributed by atoms with van der Waals surface area (Å²) in [7, 11) is -6.27. The van der Waals surface area contributed by atoms with Crippen molar-refractivity contribution in [3.05, 3.63) is 95.9 Å². The Morgan fingerprint density at radius 1 is 1.05 bits per heavy atom. The van der Waals surface area contributed by atoms with E-state index in [0.29, 0.717) is 5.56 Å². The lowest BCUT2D eigenvalue weighted by atomic mass is 9.99. The summed E-state index contributed by atoms with van der Waals surface area (Å²) >= 11 is 0. The monoisotopic (exact) mass is 577 g/mol. The predicted molar refractivity (Wildman–Crippen MR) is 162 cm³/mol. The van der Waals surface area contributed by atoms with Gasteiger partial charge >= 0.3 is 5.97 Å². The number of pyridine rings is 1. The Morgan fingerprint density at radius 2 is 1.73 bits per heavy atom. The number of fused-ring (bicyclic) bond motifs is 1. The van der Waals surface area contributed by atoms with Gasteiger partial charge in [-0.25, -0.2) is 8.42 Å². The molecule has 0 aliphatic rings. The summed E-state index contributed by atoms with van der Waals surface area (Å²) in [4.78, 5) is 17.4. The van der Waals surface area contributed by atoms with Crippen molar-refractivity contribution in [1.29, 1.82) is 0 Å². The summed E-state index contributed by atoms with van der Waals surface area (Å²) in [5.74, 6) is -0.611. The van der Waals surface area contributed by atoms with Crippen molar-refractivity contribution in [2.24, 2.45) is 0 Å². The van der Waals surface area contributed by atoms with E-state index in [1.54, 1.807) is 49.6 Å². The standard InChI is InChI=1S/C31H39N3O4SSi/c1-8-38-29(35)22-33(39(36,37)25-17-15-23(2)16-18-25)30(24-12-11-19-32-20-24)27-21-34(40(6,7)31(3,4)5)28-14-10-9-13-26(27)28/h9-21,30H,8,22H2,1-7H3. The number of carbonyl (C=O) groups is 1. The molecule has 40 heavy (non-hydrogen) atoms. The Labute approximate surface area is 239 Å². The smallest absolute Gasteiger partial charge is 0.321 e. The number of sulfonamides is 1. The SMILES string of the molecule is CCOC(=O)CN(C(c1cccnc1)c1cn([Si](C)(C)C(C)(C)C)c2ccccc12)S(=O)(=O)c1ccc(C)cc1. The van der Waals surface area contributed by atoms with Gasteiger partial charge in [-0.2, -0.15) is 4.31 Å². The summed E-state index contributed by atoms with van der Waals surface area (Å²) in [5.41, 5.74) is 3.45. The van der Waals surface area contributed by atoms with Gasteiger partial charge in [-0.15, -0.1) is 0 Å². The molecule has 1 atom stereocenters. The van der Waals surface area contributed by atoms with Gasteiger partial charge in [-0.3, -0.25) is 9.78 Å². The molecule has 212 valence electrons. The van der Waals surface area contributed by atoms with Gasteiger partial charge in [-0.05, 0) is 54.3 Å². The van der Waals surface area contributed by atoms with Crippen LogP contribution in [0, 0.1) is 6.92 Å². The number of nitrogens with zero attached hydrogens (tertiary/aromatic N) is 3. The van der Waals surface area contributed by atoms with Crippen molar-refractivity contribution in [3.8, 4) is 0 Å². The van der Waals surface area contributed by atoms with Crippen LogP contribution in [0.15, 0.2) is 84.1 Å². The Hall–Kier alpha value is -3.27. The molecule has 0 saturated heterocycles. The van der Waals surface area contributed by atoms with Gasteiger partial charge in [0, 0.05) is 29.5 Å². The third-order valence-corrected chi connectivity index (χ3v) is 15.1. The van der Waals surface area contributed by atoms with Crippen LogP contribution in [0.5, 0.6) is 0 Å². The van der Waals surface area contributed by atoms with Crippen LogP contribution in [0.2, 0.25) is 18.1 Å². The summed E-state index contributed by atoms with van der Waals surface area (Å²) in [6, 6.07) is 17.6. The Kier molecular flexibility index (Phi) is 8.40. The highest BCUT2D eigenvalue weighted by Crippen LogP contribution is 2.43. The summed E-state index contributed by atoms with van der Waals surface area (Å²) in [6.45, 7) is 14.7. The Morgan fingerprint density at radius 3 is 2.33 bits per heavy atom. The molecule has 0 spiro atoms. The van der Waals surface area contributed by atoms with Gasteiger partial charge in [0.15, 0.2) is 8.24 Å². The molecule has 0 fully saturated rings. The minimum atomic E-state index is -4.14. The number of ether oxygens (including phenoxy) is 1. The topological polar surface area (TPSA) is 81.5 Å². The minimum absolute atomic E-state index is 0.0223. The van der Waals surface area contributed by atoms with Gasteiger partial charge in [0.05, 0.1) is 17.5 Å². The second-order valence-corrected chi connectivity index (χ2v) is 18.6. The van der Waals surface area contributed by atoms with Crippen molar-refractivity contribution in [2.75, 3.05) is 13.2 Å². The lowest BCUT2D eigenvalue weighted by molar-refractivity contribution is -0.143. The van der Waals surface area contributed by atoms with Crippen LogP contribution in [-0.2, 0) is 19.6 Å². The quantitative estimate of drug-likeness (QED) is 0.167. The maximum Gasteiger partial charge on any atom is 0.321 e. The molecule has 0 aliphatic carbocycles. The average Bonchev–Trinajstić information content (AvgIpc) is 3.29. The second kappa shape index (κ2) is 11.3. The average molecular weight is 578 g/mol. The van der Waals surface area contributed by atoms with E-state index in [1.807, 2.05) is 31.2 Å². The molecular formula is C31H39N3O4SSi. The van der Waals surface area contributed by atoms with E-state index in [4.69, 9.17) is 4.74 Å². The van der Waals surface area contributed by atoms with E-state index in [-0.39, 0.29) is 16.5 Å². The van der Waals surface area contributed by atoms with E-state index in [2.05, 4.69) is 55.3 Å². The minimum Gasteiger partial charge on any atom is -0.465 e. The van der Waals surface area contributed by atoms with E-state index < -0.39 is 36.8 Å². The fourth-order valence-corrected chi connectivity index (χ4v) is 8.30. The number of benzene rings is 2. The molecule has 2 heterocycles. The first kappa shape index (κ1) is 29.7. The molecule has 0 N–H and O–H groups in total. The lowest BCUT2D eigenvalue weighted by Gasteiger charge is -2.38. The largest absolute Gasteiger partial charge is 0.465 e. The molecule has 0 amide bonds. The predicted octanol–water partition coefficient (Wildman–Crippen LogP) is 6.54. The molecule has 0 bridgehead atoms. The number of carbonyl (C=O) groups excluding carboxylic acids is 1. The van der Waals surface area contributed by atoms with E-state index >= 15 is 0 Å². The highest BCUT2D eigenvalue weighted by Gasteiger charge is 2.41. The van der Waals surface area contributed by atoms with Gasteiger partial charge in [0.25, 0.3) is 0 Å². The zero-order chi connectivity index (χ0) is 29.3. The van der Waals surface area contributed by atoms with Crippen molar-refractivity contribution >= 4 is 35.1 Å². The van der Waals surface area contributed by atoms with Crippen LogP contribution in [0.4, 0.5) is 0 Å². The van der Waals surface area contributed by atoms with Gasteiger partial charge < -0.3 is 8.97 Å². The molecule has 2 aromatic carbocycles. The third-order valence-electron chi connectivity index (χ3n) is 7.98. The molecule has 7 nitrogen and oxygen atoms in total. The van der Waals surface area contributed by atoms with E-state index in [1.165, 1.54) is 4.31 Å². The second-order valence-electron chi connectivity index (χ2n) is 11.6. The van der Waals surface area contributed by atoms with Crippen LogP contribution < -0.4 is 0 Å².